The maximum Gasteiger partial charge on any atom is 0.251 e. The minimum absolute atomic E-state index is 0.123. The van der Waals surface area contributed by atoms with E-state index in [9.17, 15) is 9.59 Å². The molecule has 1 N–H and O–H groups in total. The van der Waals surface area contributed by atoms with E-state index in [0.29, 0.717) is 49.3 Å². The van der Waals surface area contributed by atoms with Crippen LogP contribution in [0.1, 0.15) is 37.0 Å². The van der Waals surface area contributed by atoms with Gasteiger partial charge in [-0.25, -0.2) is 0 Å². The SMILES string of the molecule is CCN(CC)C(=O)CCCNC(=O)c1ccc2noc(-c3ccccc3)c2c1. The summed E-state index contributed by atoms with van der Waals surface area (Å²) in [5.41, 5.74) is 2.17. The highest BCUT2D eigenvalue weighted by Crippen LogP contribution is 2.29. The van der Waals surface area contributed by atoms with Gasteiger partial charge in [-0.05, 0) is 38.5 Å². The Kier molecular flexibility index (Phi) is 6.42. The smallest absolute Gasteiger partial charge is 0.251 e. The van der Waals surface area contributed by atoms with Crippen LogP contribution in [0.4, 0.5) is 0 Å². The lowest BCUT2D eigenvalue weighted by molar-refractivity contribution is -0.130. The highest BCUT2D eigenvalue weighted by molar-refractivity contribution is 6.00. The average molecular weight is 379 g/mol. The number of nitrogens with zero attached hydrogens (tertiary/aromatic N) is 2. The van der Waals surface area contributed by atoms with E-state index in [1.165, 1.54) is 0 Å². The van der Waals surface area contributed by atoms with Crippen LogP contribution in [0.15, 0.2) is 53.1 Å². The molecule has 1 heterocycles. The van der Waals surface area contributed by atoms with Gasteiger partial charge in [0.2, 0.25) is 5.91 Å². The lowest BCUT2D eigenvalue weighted by Crippen LogP contribution is -2.31. The van der Waals surface area contributed by atoms with Crippen molar-refractivity contribution in [1.29, 1.82) is 0 Å². The van der Waals surface area contributed by atoms with Crippen LogP contribution in [0.5, 0.6) is 0 Å². The number of aromatic nitrogens is 1. The Balaban J connectivity index is 1.63. The van der Waals surface area contributed by atoms with Crippen LogP contribution >= 0.6 is 0 Å². The third-order valence-corrected chi connectivity index (χ3v) is 4.74. The Morgan fingerprint density at radius 1 is 1.07 bits per heavy atom. The van der Waals surface area contributed by atoms with Gasteiger partial charge in [-0.15, -0.1) is 0 Å². The molecule has 6 heteroatoms. The molecule has 0 aliphatic carbocycles. The molecule has 1 aromatic heterocycles. The maximum atomic E-state index is 12.5. The van der Waals surface area contributed by atoms with E-state index >= 15 is 0 Å². The molecule has 2 amide bonds. The van der Waals surface area contributed by atoms with E-state index in [2.05, 4.69) is 10.5 Å². The van der Waals surface area contributed by atoms with Gasteiger partial charge in [0.25, 0.3) is 5.91 Å². The van der Waals surface area contributed by atoms with E-state index in [4.69, 9.17) is 4.52 Å². The first-order valence-corrected chi connectivity index (χ1v) is 9.64. The summed E-state index contributed by atoms with van der Waals surface area (Å²) in [7, 11) is 0. The van der Waals surface area contributed by atoms with E-state index in [0.717, 1.165) is 10.9 Å². The summed E-state index contributed by atoms with van der Waals surface area (Å²) in [5, 5.41) is 7.76. The molecule has 0 aliphatic rings. The standard InChI is InChI=1S/C22H25N3O3/c1-3-25(4-2)20(26)11-8-14-23-22(27)17-12-13-19-18(15-17)21(28-24-19)16-9-6-5-7-10-16/h5-7,9-10,12-13,15H,3-4,8,11,14H2,1-2H3,(H,23,27). The molecule has 0 bridgehead atoms. The predicted molar refractivity (Wildman–Crippen MR) is 109 cm³/mol. The molecular formula is C22H25N3O3. The van der Waals surface area contributed by atoms with Crippen LogP contribution in [0.25, 0.3) is 22.2 Å². The topological polar surface area (TPSA) is 75.4 Å². The number of carbonyl (C=O) groups excluding carboxylic acids is 2. The van der Waals surface area contributed by atoms with Gasteiger partial charge in [-0.1, -0.05) is 35.5 Å². The molecule has 3 aromatic rings. The lowest BCUT2D eigenvalue weighted by atomic mass is 10.1. The Hall–Kier alpha value is -3.15. The van der Waals surface area contributed by atoms with Gasteiger partial charge in [0.1, 0.15) is 5.52 Å². The van der Waals surface area contributed by atoms with Crippen molar-refractivity contribution in [1.82, 2.24) is 15.4 Å². The number of rotatable bonds is 8. The fraction of sp³-hybridized carbons (Fsp3) is 0.318. The van der Waals surface area contributed by atoms with Gasteiger partial charge >= 0.3 is 0 Å². The molecule has 0 aliphatic heterocycles. The van der Waals surface area contributed by atoms with Gasteiger partial charge in [0, 0.05) is 37.2 Å². The number of hydrogen-bond donors (Lipinski definition) is 1. The van der Waals surface area contributed by atoms with Crippen LogP contribution in [0.2, 0.25) is 0 Å². The largest absolute Gasteiger partial charge is 0.355 e. The van der Waals surface area contributed by atoms with E-state index in [-0.39, 0.29) is 11.8 Å². The molecule has 28 heavy (non-hydrogen) atoms. The minimum Gasteiger partial charge on any atom is -0.355 e. The third kappa shape index (κ3) is 4.39. The quantitative estimate of drug-likeness (QED) is 0.603. The summed E-state index contributed by atoms with van der Waals surface area (Å²) in [5.74, 6) is 0.602. The molecular weight excluding hydrogens is 354 g/mol. The summed E-state index contributed by atoms with van der Waals surface area (Å²) in [6, 6.07) is 15.0. The van der Waals surface area contributed by atoms with Gasteiger partial charge < -0.3 is 14.7 Å². The van der Waals surface area contributed by atoms with Crippen LogP contribution in [0.3, 0.4) is 0 Å². The predicted octanol–water partition coefficient (Wildman–Crippen LogP) is 3.87. The second-order valence-corrected chi connectivity index (χ2v) is 6.54. The zero-order chi connectivity index (χ0) is 19.9. The second kappa shape index (κ2) is 9.17. The van der Waals surface area contributed by atoms with Crippen molar-refractivity contribution in [2.45, 2.75) is 26.7 Å². The first-order chi connectivity index (χ1) is 13.6. The molecule has 3 rings (SSSR count). The van der Waals surface area contributed by atoms with Crippen molar-refractivity contribution >= 4 is 22.7 Å². The molecule has 2 aromatic carbocycles. The van der Waals surface area contributed by atoms with E-state index in [1.54, 1.807) is 23.1 Å². The van der Waals surface area contributed by atoms with E-state index in [1.807, 2.05) is 44.2 Å². The molecule has 146 valence electrons. The van der Waals surface area contributed by atoms with Crippen molar-refractivity contribution in [2.75, 3.05) is 19.6 Å². The Labute approximate surface area is 164 Å². The van der Waals surface area contributed by atoms with Gasteiger partial charge in [-0.2, -0.15) is 0 Å². The van der Waals surface area contributed by atoms with Crippen molar-refractivity contribution in [3.63, 3.8) is 0 Å². The van der Waals surface area contributed by atoms with Crippen LogP contribution in [-0.2, 0) is 4.79 Å². The number of benzene rings is 2. The molecule has 0 radical (unpaired) electrons. The molecule has 0 fully saturated rings. The molecule has 6 nitrogen and oxygen atoms in total. The monoisotopic (exact) mass is 379 g/mol. The fourth-order valence-corrected chi connectivity index (χ4v) is 3.16. The van der Waals surface area contributed by atoms with Crippen LogP contribution in [0, 0.1) is 0 Å². The van der Waals surface area contributed by atoms with Gasteiger partial charge in [0.15, 0.2) is 5.76 Å². The van der Waals surface area contributed by atoms with Gasteiger partial charge in [0.05, 0.1) is 5.39 Å². The number of amides is 2. The molecule has 0 spiro atoms. The van der Waals surface area contributed by atoms with E-state index < -0.39 is 0 Å². The Bertz CT molecular complexity index is 946. The lowest BCUT2D eigenvalue weighted by Gasteiger charge is -2.18. The number of carbonyl (C=O) groups is 2. The molecule has 0 atom stereocenters. The first kappa shape index (κ1) is 19.6. The van der Waals surface area contributed by atoms with Gasteiger partial charge in [-0.3, -0.25) is 9.59 Å². The Morgan fingerprint density at radius 2 is 1.82 bits per heavy atom. The summed E-state index contributed by atoms with van der Waals surface area (Å²) >= 11 is 0. The minimum atomic E-state index is -0.169. The molecule has 0 saturated heterocycles. The number of nitrogens with one attached hydrogen (secondary N) is 1. The first-order valence-electron chi connectivity index (χ1n) is 9.64. The maximum absolute atomic E-state index is 12.5. The fourth-order valence-electron chi connectivity index (χ4n) is 3.16. The highest BCUT2D eigenvalue weighted by Gasteiger charge is 2.14. The molecule has 0 saturated carbocycles. The summed E-state index contributed by atoms with van der Waals surface area (Å²) < 4.78 is 5.48. The Morgan fingerprint density at radius 3 is 2.54 bits per heavy atom. The average Bonchev–Trinajstić information content (AvgIpc) is 3.16. The zero-order valence-electron chi connectivity index (χ0n) is 16.3. The van der Waals surface area contributed by atoms with Crippen molar-refractivity contribution < 1.29 is 14.1 Å². The number of hydrogen-bond acceptors (Lipinski definition) is 4. The summed E-state index contributed by atoms with van der Waals surface area (Å²) in [4.78, 5) is 26.3. The zero-order valence-corrected chi connectivity index (χ0v) is 16.3. The third-order valence-electron chi connectivity index (χ3n) is 4.74. The van der Waals surface area contributed by atoms with Crippen molar-refractivity contribution in [3.8, 4) is 11.3 Å². The normalized spacial score (nSPS) is 10.8. The molecule has 0 unspecified atom stereocenters. The van der Waals surface area contributed by atoms with Crippen LogP contribution < -0.4 is 5.32 Å². The van der Waals surface area contributed by atoms with Crippen molar-refractivity contribution in [3.05, 3.63) is 54.1 Å². The summed E-state index contributed by atoms with van der Waals surface area (Å²) in [6.45, 7) is 5.81. The highest BCUT2D eigenvalue weighted by atomic mass is 16.5. The summed E-state index contributed by atoms with van der Waals surface area (Å²) in [6.07, 6.45) is 1.05. The number of fused-ring (bicyclic) bond motifs is 1. The second-order valence-electron chi connectivity index (χ2n) is 6.54. The van der Waals surface area contributed by atoms with Crippen LogP contribution in [-0.4, -0.2) is 41.5 Å². The van der Waals surface area contributed by atoms with Crippen molar-refractivity contribution in [2.24, 2.45) is 0 Å².